The highest BCUT2D eigenvalue weighted by Crippen LogP contribution is 2.38. The lowest BCUT2D eigenvalue weighted by atomic mass is 10.1. The predicted octanol–water partition coefficient (Wildman–Crippen LogP) is 2.66. The Labute approximate surface area is 159 Å². The number of carbonyl (C=O) groups is 1. The van der Waals surface area contributed by atoms with Gasteiger partial charge in [0.1, 0.15) is 11.4 Å². The van der Waals surface area contributed by atoms with Crippen LogP contribution in [0.1, 0.15) is 23.3 Å². The largest absolute Gasteiger partial charge is 0.507 e. The summed E-state index contributed by atoms with van der Waals surface area (Å²) >= 11 is 1.50. The number of aromatic carboxylic acids is 1. The average Bonchev–Trinajstić information content (AvgIpc) is 3.12. The van der Waals surface area contributed by atoms with Crippen LogP contribution in [0.25, 0.3) is 21.3 Å². The summed E-state index contributed by atoms with van der Waals surface area (Å²) in [5.74, 6) is -1.04. The van der Waals surface area contributed by atoms with Crippen LogP contribution in [0, 0.1) is 0 Å². The molecule has 3 aromatic rings. The molecule has 0 bridgehead atoms. The van der Waals surface area contributed by atoms with E-state index in [1.165, 1.54) is 11.3 Å². The van der Waals surface area contributed by atoms with Crippen LogP contribution in [-0.4, -0.2) is 62.4 Å². The number of rotatable bonds is 4. The van der Waals surface area contributed by atoms with Crippen LogP contribution < -0.4 is 5.32 Å². The number of carboxylic acid groups (broad SMARTS) is 1. The molecule has 0 spiro atoms. The zero-order valence-electron chi connectivity index (χ0n) is 14.7. The molecule has 140 valence electrons. The van der Waals surface area contributed by atoms with Gasteiger partial charge in [-0.3, -0.25) is 0 Å². The van der Waals surface area contributed by atoms with Crippen molar-refractivity contribution in [1.29, 1.82) is 0 Å². The van der Waals surface area contributed by atoms with E-state index in [1.54, 1.807) is 12.1 Å². The van der Waals surface area contributed by atoms with E-state index in [4.69, 9.17) is 0 Å². The Balaban J connectivity index is 1.70. The van der Waals surface area contributed by atoms with Gasteiger partial charge in [-0.2, -0.15) is 0 Å². The number of thiophene rings is 1. The maximum atomic E-state index is 11.8. The lowest BCUT2D eigenvalue weighted by Crippen LogP contribution is -2.40. The van der Waals surface area contributed by atoms with E-state index in [2.05, 4.69) is 25.4 Å². The molecule has 2 aromatic heterocycles. The van der Waals surface area contributed by atoms with Gasteiger partial charge in [-0.05, 0) is 50.0 Å². The van der Waals surface area contributed by atoms with Gasteiger partial charge in [-0.25, -0.2) is 9.78 Å². The number of anilines is 1. The number of fused-ring (bicyclic) bond motifs is 1. The highest BCUT2D eigenvalue weighted by molar-refractivity contribution is 7.17. The monoisotopic (exact) mass is 385 g/mol. The van der Waals surface area contributed by atoms with E-state index >= 15 is 0 Å². The molecule has 9 heteroatoms. The Kier molecular flexibility index (Phi) is 4.63. The third-order valence-corrected chi connectivity index (χ3v) is 5.59. The zero-order chi connectivity index (χ0) is 19.0. The molecule has 0 radical (unpaired) electrons. The second kappa shape index (κ2) is 7.09. The Hall–Kier alpha value is -2.78. The molecule has 3 heterocycles. The molecule has 1 aliphatic heterocycles. The number of piperidine rings is 1. The molecule has 1 atom stereocenters. The van der Waals surface area contributed by atoms with E-state index in [0.717, 1.165) is 30.6 Å². The molecule has 1 saturated heterocycles. The number of likely N-dealkylation sites (tertiary alicyclic amines) is 1. The molecule has 0 amide bonds. The van der Waals surface area contributed by atoms with Gasteiger partial charge >= 0.3 is 5.97 Å². The number of nitrogens with zero attached hydrogens (tertiary/aromatic N) is 4. The molecule has 0 aliphatic carbocycles. The lowest BCUT2D eigenvalue weighted by molar-refractivity contribution is 0.0690. The molecule has 3 N–H and O–H groups in total. The predicted molar refractivity (Wildman–Crippen MR) is 103 cm³/mol. The van der Waals surface area contributed by atoms with Crippen molar-refractivity contribution in [3.63, 3.8) is 0 Å². The number of aromatic nitrogens is 3. The number of hydrogen-bond donors (Lipinski definition) is 3. The molecule has 0 unspecified atom stereocenters. The second-order valence-electron chi connectivity index (χ2n) is 6.68. The Morgan fingerprint density at radius 2 is 2.19 bits per heavy atom. The standard InChI is InChI=1S/C18H19N5O3S/c1-23-7-2-3-10(9-23)19-18-20-15(17(25)26)14(21-22-18)12-4-5-13-11(16(12)24)6-8-27-13/h4-6,8,10,24H,2-3,7,9H2,1H3,(H,25,26)(H,19,20,22)/t10-/m1/s1. The summed E-state index contributed by atoms with van der Waals surface area (Å²) in [4.78, 5) is 18.1. The van der Waals surface area contributed by atoms with Crippen LogP contribution in [0.5, 0.6) is 5.75 Å². The summed E-state index contributed by atoms with van der Waals surface area (Å²) in [6.07, 6.45) is 2.02. The summed E-state index contributed by atoms with van der Waals surface area (Å²) in [6.45, 7) is 1.88. The molecular weight excluding hydrogens is 366 g/mol. The maximum Gasteiger partial charge on any atom is 0.357 e. The first-order valence-electron chi connectivity index (χ1n) is 8.65. The Bertz CT molecular complexity index is 1010. The summed E-state index contributed by atoms with van der Waals surface area (Å²) < 4.78 is 0.911. The van der Waals surface area contributed by atoms with Gasteiger partial charge in [0.25, 0.3) is 0 Å². The number of benzene rings is 1. The first-order chi connectivity index (χ1) is 13.0. The smallest absolute Gasteiger partial charge is 0.357 e. The fraction of sp³-hybridized carbons (Fsp3) is 0.333. The van der Waals surface area contributed by atoms with Crippen LogP contribution in [-0.2, 0) is 0 Å². The maximum absolute atomic E-state index is 11.8. The zero-order valence-corrected chi connectivity index (χ0v) is 15.5. The van der Waals surface area contributed by atoms with Crippen molar-refractivity contribution in [2.75, 3.05) is 25.5 Å². The molecule has 0 saturated carbocycles. The second-order valence-corrected chi connectivity index (χ2v) is 7.63. The average molecular weight is 385 g/mol. The number of phenols is 1. The molecular formula is C18H19N5O3S. The SMILES string of the molecule is CN1CCC[C@@H](Nc2nnc(-c3ccc4sccc4c3O)c(C(=O)O)n2)C1. The molecule has 27 heavy (non-hydrogen) atoms. The fourth-order valence-electron chi connectivity index (χ4n) is 3.40. The van der Waals surface area contributed by atoms with Crippen molar-refractivity contribution in [1.82, 2.24) is 20.1 Å². The van der Waals surface area contributed by atoms with E-state index in [-0.39, 0.29) is 29.1 Å². The van der Waals surface area contributed by atoms with Gasteiger partial charge in [-0.15, -0.1) is 21.5 Å². The summed E-state index contributed by atoms with van der Waals surface area (Å²) in [5, 5.41) is 34.0. The van der Waals surface area contributed by atoms with Gasteiger partial charge < -0.3 is 20.4 Å². The van der Waals surface area contributed by atoms with E-state index < -0.39 is 5.97 Å². The third kappa shape index (κ3) is 3.43. The van der Waals surface area contributed by atoms with Crippen LogP contribution in [0.2, 0.25) is 0 Å². The molecule has 1 aromatic carbocycles. The van der Waals surface area contributed by atoms with Gasteiger partial charge in [0.05, 0.1) is 0 Å². The van der Waals surface area contributed by atoms with Crippen molar-refractivity contribution in [2.45, 2.75) is 18.9 Å². The minimum atomic E-state index is -1.21. The van der Waals surface area contributed by atoms with E-state index in [1.807, 2.05) is 18.5 Å². The van der Waals surface area contributed by atoms with Crippen molar-refractivity contribution in [3.8, 4) is 17.0 Å². The third-order valence-electron chi connectivity index (χ3n) is 4.71. The minimum Gasteiger partial charge on any atom is -0.507 e. The molecule has 4 rings (SSSR count). The number of nitrogens with one attached hydrogen (secondary N) is 1. The first kappa shape index (κ1) is 17.6. The van der Waals surface area contributed by atoms with Gasteiger partial charge in [0.15, 0.2) is 5.69 Å². The van der Waals surface area contributed by atoms with Gasteiger partial charge in [0, 0.05) is 28.2 Å². The van der Waals surface area contributed by atoms with Crippen LogP contribution in [0.3, 0.4) is 0 Å². The first-order valence-corrected chi connectivity index (χ1v) is 9.53. The lowest BCUT2D eigenvalue weighted by Gasteiger charge is -2.30. The Morgan fingerprint density at radius 1 is 1.33 bits per heavy atom. The number of phenolic OH excluding ortho intramolecular Hbond substituents is 1. The van der Waals surface area contributed by atoms with E-state index in [0.29, 0.717) is 10.9 Å². The topological polar surface area (TPSA) is 111 Å². The van der Waals surface area contributed by atoms with Crippen LogP contribution in [0.15, 0.2) is 23.6 Å². The van der Waals surface area contributed by atoms with Crippen LogP contribution >= 0.6 is 11.3 Å². The normalized spacial score (nSPS) is 17.9. The quantitative estimate of drug-likeness (QED) is 0.628. The molecule has 1 fully saturated rings. The van der Waals surface area contributed by atoms with Gasteiger partial charge in [0.2, 0.25) is 5.95 Å². The van der Waals surface area contributed by atoms with Crippen molar-refractivity contribution >= 4 is 33.3 Å². The number of aromatic hydroxyl groups is 1. The highest BCUT2D eigenvalue weighted by Gasteiger charge is 2.23. The summed E-state index contributed by atoms with van der Waals surface area (Å²) in [5.41, 5.74) is 0.128. The minimum absolute atomic E-state index is 0.0121. The summed E-state index contributed by atoms with van der Waals surface area (Å²) in [7, 11) is 2.04. The fourth-order valence-corrected chi connectivity index (χ4v) is 4.19. The number of hydrogen-bond acceptors (Lipinski definition) is 8. The number of carboxylic acids is 1. The summed E-state index contributed by atoms with van der Waals surface area (Å²) in [6, 6.07) is 5.41. The highest BCUT2D eigenvalue weighted by atomic mass is 32.1. The van der Waals surface area contributed by atoms with Crippen molar-refractivity contribution in [2.24, 2.45) is 0 Å². The van der Waals surface area contributed by atoms with Crippen molar-refractivity contribution < 1.29 is 15.0 Å². The molecule has 8 nitrogen and oxygen atoms in total. The number of likely N-dealkylation sites (N-methyl/N-ethyl adjacent to an activating group) is 1. The van der Waals surface area contributed by atoms with Crippen LogP contribution in [0.4, 0.5) is 5.95 Å². The Morgan fingerprint density at radius 3 is 2.96 bits per heavy atom. The van der Waals surface area contributed by atoms with E-state index in [9.17, 15) is 15.0 Å². The van der Waals surface area contributed by atoms with Crippen molar-refractivity contribution in [3.05, 3.63) is 29.3 Å². The molecule has 1 aliphatic rings. The van der Waals surface area contributed by atoms with Gasteiger partial charge in [-0.1, -0.05) is 0 Å².